The fourth-order valence-corrected chi connectivity index (χ4v) is 9.23. The molecule has 87 heavy (non-hydrogen) atoms. The van der Waals surface area contributed by atoms with E-state index in [0.717, 1.165) is 19.3 Å². The molecule has 2 unspecified atom stereocenters. The van der Waals surface area contributed by atoms with Crippen molar-refractivity contribution in [3.05, 3.63) is 51.4 Å². The largest absolute Gasteiger partial charge is 0.476 e. The maximum Gasteiger partial charge on any atom is 0.349 e. The number of nitrogens with two attached hydrogens (primary N) is 6. The molecule has 0 bridgehead atoms. The van der Waals surface area contributed by atoms with Gasteiger partial charge in [0.25, 0.3) is 5.56 Å². The number of hydrogen-bond donors (Lipinski definition) is 14. The Hall–Kier alpha value is -8.31. The van der Waals surface area contributed by atoms with Gasteiger partial charge in [-0.15, -0.1) is 0 Å². The van der Waals surface area contributed by atoms with Crippen LogP contribution in [-0.2, 0) is 51.4 Å². The number of hydrogen-bond acceptors (Lipinski definition) is 22. The molecule has 484 valence electrons. The molecule has 1 aliphatic heterocycles. The fraction of sp³-hybridized carbons (Fsp3) is 0.642. The number of nitrogen functional groups attached to an aromatic ring is 2. The average molecular weight is 1230 g/mol. The highest BCUT2D eigenvalue weighted by molar-refractivity contribution is 5.89. The van der Waals surface area contributed by atoms with Crippen LogP contribution in [0.3, 0.4) is 0 Å². The van der Waals surface area contributed by atoms with Gasteiger partial charge in [0.1, 0.15) is 31.2 Å². The van der Waals surface area contributed by atoms with Crippen LogP contribution >= 0.6 is 0 Å². The van der Waals surface area contributed by atoms with Gasteiger partial charge in [0.2, 0.25) is 47.3 Å². The number of allylic oxidation sites excluding steroid dienone is 1. The minimum atomic E-state index is -1.24. The Bertz CT molecular complexity index is 2950. The van der Waals surface area contributed by atoms with Crippen molar-refractivity contribution < 1.29 is 48.2 Å². The Balaban J connectivity index is 1.49. The summed E-state index contributed by atoms with van der Waals surface area (Å²) in [5.74, 6) is -3.95. The van der Waals surface area contributed by atoms with Gasteiger partial charge in [-0.25, -0.2) is 14.6 Å². The molecule has 0 saturated carbocycles. The lowest BCUT2D eigenvalue weighted by Crippen LogP contribution is -2.63. The molecule has 0 radical (unpaired) electrons. The number of carbonyl (C=O) groups excluding carboxylic acids is 8. The fourth-order valence-electron chi connectivity index (χ4n) is 9.23. The number of aromatic nitrogens is 6. The Kier molecular flexibility index (Phi) is 28.9. The molecule has 5 atom stereocenters. The molecule has 9 amide bonds. The normalized spacial score (nSPS) is 14.3. The first-order valence-electron chi connectivity index (χ1n) is 29.0. The third kappa shape index (κ3) is 23.1. The van der Waals surface area contributed by atoms with Gasteiger partial charge in [0.15, 0.2) is 17.9 Å². The van der Waals surface area contributed by atoms with Crippen LogP contribution in [0.25, 0.3) is 11.2 Å². The van der Waals surface area contributed by atoms with Gasteiger partial charge in [-0.05, 0) is 85.4 Å². The van der Waals surface area contributed by atoms with Crippen molar-refractivity contribution in [3.8, 4) is 0 Å². The zero-order chi connectivity index (χ0) is 64.4. The molecule has 0 fully saturated rings. The Morgan fingerprint density at radius 2 is 1.40 bits per heavy atom. The van der Waals surface area contributed by atoms with Crippen LogP contribution in [0.15, 0.2) is 40.1 Å². The number of unbranched alkanes of at least 4 members (excludes halogenated alkanes) is 2. The Morgan fingerprint density at radius 1 is 0.793 bits per heavy atom. The standard InChI is InChI=1S/C53H90N22O12/c1-6-36(65-47(82)35(57)11-7-9-15-54)45(81)53(4,5)69-48(83)37(12-8-10-16-55)64-33(2)13-20-70(41(78)30-75-31-62-44-46(75)67-50(59)68-49(44)84)23-18-60-40(77)27-72(43(80)29-74-25-34(3)87-32-63-51(74)85)24-19-61-39(76)26-71(22-17-56)42(79)28-73-21-14-38(58)66-52(73)86/h14,21,25,31,33,35-37,45,64,81H,6-13,15-20,22-24,26-30,32,54-57H2,1-5H3,(H,60,77)(H,61,76)(H,63,85)(H,65,82)(H,69,83)(H2,58,66,86)(H3,59,67,68,84)/t33?,35-,36-,37+,45?/m1/s1. The molecular formula is C53H90N22O12. The highest BCUT2D eigenvalue weighted by Gasteiger charge is 2.38. The maximum atomic E-state index is 14.3. The summed E-state index contributed by atoms with van der Waals surface area (Å²) in [5.41, 5.74) is 32.0. The van der Waals surface area contributed by atoms with E-state index in [2.05, 4.69) is 51.8 Å². The highest BCUT2D eigenvalue weighted by Crippen LogP contribution is 2.18. The summed E-state index contributed by atoms with van der Waals surface area (Å²) in [6.07, 6.45) is 6.57. The van der Waals surface area contributed by atoms with Gasteiger partial charge in [0.05, 0.1) is 49.2 Å². The molecule has 4 rings (SSSR count). The van der Waals surface area contributed by atoms with E-state index in [4.69, 9.17) is 39.1 Å². The summed E-state index contributed by atoms with van der Waals surface area (Å²) in [6, 6.07) is -2.11. The molecule has 34 nitrogen and oxygen atoms in total. The molecule has 0 spiro atoms. The van der Waals surface area contributed by atoms with E-state index >= 15 is 0 Å². The zero-order valence-corrected chi connectivity index (χ0v) is 50.4. The second kappa shape index (κ2) is 35.4. The second-order valence-corrected chi connectivity index (χ2v) is 21.7. The van der Waals surface area contributed by atoms with Crippen LogP contribution in [0.5, 0.6) is 0 Å². The number of nitrogens with one attached hydrogen (secondary N) is 7. The molecular weight excluding hydrogens is 1140 g/mol. The summed E-state index contributed by atoms with van der Waals surface area (Å²) < 4.78 is 7.73. The smallest absolute Gasteiger partial charge is 0.349 e. The number of aromatic amines is 1. The van der Waals surface area contributed by atoms with Crippen LogP contribution in [0.4, 0.5) is 16.6 Å². The van der Waals surface area contributed by atoms with E-state index in [1.165, 1.54) is 34.3 Å². The van der Waals surface area contributed by atoms with Crippen molar-refractivity contribution in [3.63, 3.8) is 0 Å². The number of aliphatic hydroxyl groups is 1. The lowest BCUT2D eigenvalue weighted by Gasteiger charge is -2.38. The molecule has 34 heteroatoms. The molecule has 4 heterocycles. The van der Waals surface area contributed by atoms with Crippen LogP contribution in [-0.4, -0.2) is 222 Å². The number of nitrogens with zero attached hydrogens (tertiary/aromatic N) is 9. The summed E-state index contributed by atoms with van der Waals surface area (Å²) >= 11 is 0. The molecule has 0 aliphatic carbocycles. The van der Waals surface area contributed by atoms with E-state index in [0.29, 0.717) is 63.8 Å². The SMILES string of the molecule is CC[C@@H](NC(=O)[C@H](N)CCCCN)C(O)C(C)(C)NC(=O)[C@H](CCCCN)NC(C)CCN(CCNC(=O)CN(CCNC(=O)CN(CCN)C(=O)Cn1ccc(N)nc1=O)C(=O)CN1C=C(C)OCNC1=O)C(=O)Cn1cnc2c(=O)[nH]c(N)nc21. The van der Waals surface area contributed by atoms with E-state index in [-0.39, 0.29) is 88.4 Å². The number of urea groups is 1. The third-order valence-corrected chi connectivity index (χ3v) is 14.2. The summed E-state index contributed by atoms with van der Waals surface area (Å²) in [6.45, 7) is 6.03. The first-order valence-corrected chi connectivity index (χ1v) is 29.0. The van der Waals surface area contributed by atoms with Gasteiger partial charge in [-0.2, -0.15) is 9.97 Å². The highest BCUT2D eigenvalue weighted by atomic mass is 16.5. The predicted octanol–water partition coefficient (Wildman–Crippen LogP) is -5.45. The van der Waals surface area contributed by atoms with Crippen molar-refractivity contribution in [2.75, 3.05) is 96.7 Å². The second-order valence-electron chi connectivity index (χ2n) is 21.7. The third-order valence-electron chi connectivity index (χ3n) is 14.2. The first-order chi connectivity index (χ1) is 41.3. The van der Waals surface area contributed by atoms with Crippen LogP contribution < -0.4 is 77.6 Å². The van der Waals surface area contributed by atoms with Gasteiger partial charge in [-0.3, -0.25) is 52.8 Å². The number of amides is 9. The summed E-state index contributed by atoms with van der Waals surface area (Å²) in [7, 11) is 0. The van der Waals surface area contributed by atoms with E-state index in [9.17, 15) is 53.1 Å². The van der Waals surface area contributed by atoms with Gasteiger partial charge >= 0.3 is 11.7 Å². The summed E-state index contributed by atoms with van der Waals surface area (Å²) in [4.78, 5) is 152. The van der Waals surface area contributed by atoms with E-state index in [1.54, 1.807) is 27.7 Å². The number of fused-ring (bicyclic) bond motifs is 1. The van der Waals surface area contributed by atoms with Crippen molar-refractivity contribution >= 4 is 70.3 Å². The zero-order valence-electron chi connectivity index (χ0n) is 50.4. The Labute approximate surface area is 503 Å². The minimum Gasteiger partial charge on any atom is -0.476 e. The molecule has 3 aromatic rings. The summed E-state index contributed by atoms with van der Waals surface area (Å²) in [5, 5.41) is 28.6. The number of H-pyrrole nitrogens is 1. The molecule has 0 aromatic carbocycles. The van der Waals surface area contributed by atoms with Crippen molar-refractivity contribution in [2.45, 2.75) is 135 Å². The molecule has 0 saturated heterocycles. The Morgan fingerprint density at radius 3 is 2.03 bits per heavy atom. The van der Waals surface area contributed by atoms with E-state index < -0.39 is 121 Å². The van der Waals surface area contributed by atoms with E-state index in [1.807, 2.05) is 6.92 Å². The molecule has 1 aliphatic rings. The van der Waals surface area contributed by atoms with Gasteiger partial charge < -0.3 is 95.4 Å². The molecule has 20 N–H and O–H groups in total. The quantitative estimate of drug-likeness (QED) is 0.0238. The molecule has 3 aromatic heterocycles. The number of carbonyl (C=O) groups is 8. The number of imidazole rings is 1. The number of anilines is 2. The lowest BCUT2D eigenvalue weighted by molar-refractivity contribution is -0.137. The van der Waals surface area contributed by atoms with Crippen LogP contribution in [0.2, 0.25) is 0 Å². The van der Waals surface area contributed by atoms with Crippen molar-refractivity contribution in [2.24, 2.45) is 22.9 Å². The maximum absolute atomic E-state index is 14.3. The van der Waals surface area contributed by atoms with Crippen molar-refractivity contribution in [1.29, 1.82) is 0 Å². The number of ether oxygens (including phenoxy) is 1. The number of rotatable bonds is 38. The van der Waals surface area contributed by atoms with Gasteiger partial charge in [0, 0.05) is 64.3 Å². The first kappa shape index (κ1) is 71.2. The predicted molar refractivity (Wildman–Crippen MR) is 320 cm³/mol. The monoisotopic (exact) mass is 1230 g/mol. The minimum absolute atomic E-state index is 0.0183. The van der Waals surface area contributed by atoms with Gasteiger partial charge in [-0.1, -0.05) is 19.8 Å². The van der Waals surface area contributed by atoms with Crippen LogP contribution in [0, 0.1) is 0 Å². The average Bonchev–Trinajstić information content (AvgIpc) is 2.21. The lowest BCUT2D eigenvalue weighted by atomic mass is 9.89. The van der Waals surface area contributed by atoms with Crippen molar-refractivity contribution in [1.82, 2.24) is 80.6 Å². The number of aliphatic hydroxyl groups excluding tert-OH is 1. The van der Waals surface area contributed by atoms with Crippen LogP contribution in [0.1, 0.15) is 86.0 Å². The topological polar surface area (TPSA) is 506 Å².